The van der Waals surface area contributed by atoms with Crippen LogP contribution < -0.4 is 9.64 Å². The molecule has 0 aliphatic carbocycles. The number of nitrogens with zero attached hydrogens (tertiary/aromatic N) is 2. The molecule has 2 heterocycles. The van der Waals surface area contributed by atoms with Crippen LogP contribution in [0, 0.1) is 0 Å². The van der Waals surface area contributed by atoms with E-state index in [1.807, 2.05) is 24.3 Å². The highest BCUT2D eigenvalue weighted by molar-refractivity contribution is 5.95. The molecule has 164 valence electrons. The summed E-state index contributed by atoms with van der Waals surface area (Å²) >= 11 is 0. The predicted molar refractivity (Wildman–Crippen MR) is 109 cm³/mol. The molecule has 0 N–H and O–H groups in total. The molecular weight excluding hydrogens is 409 g/mol. The standard InChI is InChI=1S/C23H23F3N2O3/c1-15(29)27-12-10-16-5-2-3-7-19(16)21(27)14-22(30)28-11-4-6-17-13-18(8-9-20(17)28)31-23(24,25)26/h2-3,5,7-9,13,21H,4,6,10-12,14H2,1H3. The van der Waals surface area contributed by atoms with Crippen LogP contribution in [-0.4, -0.2) is 36.2 Å². The fraction of sp³-hybridized carbons (Fsp3) is 0.391. The zero-order valence-electron chi connectivity index (χ0n) is 17.1. The van der Waals surface area contributed by atoms with E-state index in [-0.39, 0.29) is 30.0 Å². The molecule has 2 aromatic rings. The zero-order chi connectivity index (χ0) is 22.2. The summed E-state index contributed by atoms with van der Waals surface area (Å²) in [6, 6.07) is 11.5. The molecule has 0 saturated heterocycles. The molecular formula is C23H23F3N2O3. The Kier molecular flexibility index (Phi) is 5.64. The second-order valence-electron chi connectivity index (χ2n) is 7.87. The van der Waals surface area contributed by atoms with Gasteiger partial charge >= 0.3 is 6.36 Å². The number of carbonyl (C=O) groups is 2. The van der Waals surface area contributed by atoms with Crippen LogP contribution in [0.2, 0.25) is 0 Å². The van der Waals surface area contributed by atoms with Gasteiger partial charge < -0.3 is 14.5 Å². The Morgan fingerprint density at radius 1 is 1.06 bits per heavy atom. The summed E-state index contributed by atoms with van der Waals surface area (Å²) < 4.78 is 41.6. The van der Waals surface area contributed by atoms with Crippen LogP contribution in [0.5, 0.6) is 5.75 Å². The summed E-state index contributed by atoms with van der Waals surface area (Å²) in [6.45, 7) is 2.54. The molecule has 2 aliphatic heterocycles. The lowest BCUT2D eigenvalue weighted by atomic mass is 9.90. The first kappa shape index (κ1) is 21.2. The maximum absolute atomic E-state index is 13.3. The summed E-state index contributed by atoms with van der Waals surface area (Å²) in [5.74, 6) is -0.525. The first-order valence-electron chi connectivity index (χ1n) is 10.3. The molecule has 0 saturated carbocycles. The largest absolute Gasteiger partial charge is 0.573 e. The van der Waals surface area contributed by atoms with E-state index in [4.69, 9.17) is 0 Å². The summed E-state index contributed by atoms with van der Waals surface area (Å²) in [5, 5.41) is 0. The number of hydrogen-bond acceptors (Lipinski definition) is 3. The zero-order valence-corrected chi connectivity index (χ0v) is 17.1. The number of hydrogen-bond donors (Lipinski definition) is 0. The fourth-order valence-corrected chi connectivity index (χ4v) is 4.55. The van der Waals surface area contributed by atoms with Crippen LogP contribution in [0.4, 0.5) is 18.9 Å². The molecule has 0 radical (unpaired) electrons. The molecule has 1 unspecified atom stereocenters. The van der Waals surface area contributed by atoms with Crippen molar-refractivity contribution in [1.82, 2.24) is 4.90 Å². The smallest absolute Gasteiger partial charge is 0.406 e. The van der Waals surface area contributed by atoms with Crippen LogP contribution >= 0.6 is 0 Å². The summed E-state index contributed by atoms with van der Waals surface area (Å²) in [6.07, 6.45) is -2.68. The van der Waals surface area contributed by atoms with E-state index >= 15 is 0 Å². The highest BCUT2D eigenvalue weighted by Crippen LogP contribution is 2.36. The third-order valence-corrected chi connectivity index (χ3v) is 5.89. The molecule has 5 nitrogen and oxygen atoms in total. The fourth-order valence-electron chi connectivity index (χ4n) is 4.55. The Balaban J connectivity index is 1.59. The van der Waals surface area contributed by atoms with E-state index in [9.17, 15) is 22.8 Å². The van der Waals surface area contributed by atoms with Crippen molar-refractivity contribution in [3.63, 3.8) is 0 Å². The van der Waals surface area contributed by atoms with Gasteiger partial charge in [-0.05, 0) is 54.2 Å². The molecule has 0 bridgehead atoms. The first-order chi connectivity index (χ1) is 14.7. The average molecular weight is 432 g/mol. The van der Waals surface area contributed by atoms with Gasteiger partial charge in [0.25, 0.3) is 0 Å². The Bertz CT molecular complexity index is 1010. The van der Waals surface area contributed by atoms with Gasteiger partial charge in [0.1, 0.15) is 5.75 Å². The number of amides is 2. The van der Waals surface area contributed by atoms with Crippen molar-refractivity contribution in [2.75, 3.05) is 18.0 Å². The lowest BCUT2D eigenvalue weighted by molar-refractivity contribution is -0.274. The van der Waals surface area contributed by atoms with Gasteiger partial charge in [-0.1, -0.05) is 24.3 Å². The molecule has 2 amide bonds. The average Bonchev–Trinajstić information content (AvgIpc) is 2.72. The number of alkyl halides is 3. The van der Waals surface area contributed by atoms with Crippen molar-refractivity contribution in [2.24, 2.45) is 0 Å². The van der Waals surface area contributed by atoms with Gasteiger partial charge in [-0.2, -0.15) is 0 Å². The summed E-state index contributed by atoms with van der Waals surface area (Å²) in [4.78, 5) is 28.9. The van der Waals surface area contributed by atoms with E-state index in [0.29, 0.717) is 37.2 Å². The molecule has 2 aliphatic rings. The number of ether oxygens (including phenoxy) is 1. The van der Waals surface area contributed by atoms with E-state index < -0.39 is 6.36 Å². The second-order valence-corrected chi connectivity index (χ2v) is 7.87. The van der Waals surface area contributed by atoms with E-state index in [0.717, 1.165) is 17.5 Å². The van der Waals surface area contributed by atoms with E-state index in [1.54, 1.807) is 9.80 Å². The molecule has 31 heavy (non-hydrogen) atoms. The lowest BCUT2D eigenvalue weighted by Crippen LogP contribution is -2.43. The van der Waals surface area contributed by atoms with Gasteiger partial charge in [0.15, 0.2) is 0 Å². The minimum Gasteiger partial charge on any atom is -0.406 e. The van der Waals surface area contributed by atoms with Crippen molar-refractivity contribution in [3.8, 4) is 5.75 Å². The maximum atomic E-state index is 13.3. The van der Waals surface area contributed by atoms with E-state index in [2.05, 4.69) is 4.74 Å². The monoisotopic (exact) mass is 432 g/mol. The van der Waals surface area contributed by atoms with Crippen molar-refractivity contribution in [1.29, 1.82) is 0 Å². The normalized spacial score (nSPS) is 18.3. The topological polar surface area (TPSA) is 49.9 Å². The van der Waals surface area contributed by atoms with Crippen molar-refractivity contribution in [3.05, 3.63) is 59.2 Å². The van der Waals surface area contributed by atoms with Crippen LogP contribution in [0.25, 0.3) is 0 Å². The number of rotatable bonds is 3. The molecule has 4 rings (SSSR count). The van der Waals surface area contributed by atoms with Gasteiger partial charge in [0.2, 0.25) is 11.8 Å². The Morgan fingerprint density at radius 2 is 1.84 bits per heavy atom. The number of anilines is 1. The summed E-state index contributed by atoms with van der Waals surface area (Å²) in [7, 11) is 0. The Hall–Kier alpha value is -3.03. The van der Waals surface area contributed by atoms with Crippen LogP contribution in [0.3, 0.4) is 0 Å². The molecule has 0 aromatic heterocycles. The van der Waals surface area contributed by atoms with Gasteiger partial charge in [-0.3, -0.25) is 9.59 Å². The van der Waals surface area contributed by atoms with Crippen molar-refractivity contribution >= 4 is 17.5 Å². The minimum atomic E-state index is -4.76. The Morgan fingerprint density at radius 3 is 2.58 bits per heavy atom. The van der Waals surface area contributed by atoms with Gasteiger partial charge in [-0.25, -0.2) is 0 Å². The van der Waals surface area contributed by atoms with Gasteiger partial charge in [0, 0.05) is 25.7 Å². The van der Waals surface area contributed by atoms with Crippen molar-refractivity contribution < 1.29 is 27.5 Å². The molecule has 1 atom stereocenters. The van der Waals surface area contributed by atoms with Crippen molar-refractivity contribution in [2.45, 2.75) is 45.0 Å². The van der Waals surface area contributed by atoms with Crippen LogP contribution in [0.1, 0.15) is 42.5 Å². The first-order valence-corrected chi connectivity index (χ1v) is 10.3. The highest BCUT2D eigenvalue weighted by atomic mass is 19.4. The Labute approximate surface area is 178 Å². The van der Waals surface area contributed by atoms with Gasteiger partial charge in [0.05, 0.1) is 12.5 Å². The van der Waals surface area contributed by atoms with Crippen LogP contribution in [0.15, 0.2) is 42.5 Å². The number of halogens is 3. The highest BCUT2D eigenvalue weighted by Gasteiger charge is 2.34. The van der Waals surface area contributed by atoms with Crippen LogP contribution in [-0.2, 0) is 22.4 Å². The minimum absolute atomic E-state index is 0.0831. The third-order valence-electron chi connectivity index (χ3n) is 5.89. The van der Waals surface area contributed by atoms with Gasteiger partial charge in [-0.15, -0.1) is 13.2 Å². The summed E-state index contributed by atoms with van der Waals surface area (Å²) in [5.41, 5.74) is 3.35. The number of benzene rings is 2. The maximum Gasteiger partial charge on any atom is 0.573 e. The molecule has 0 spiro atoms. The SMILES string of the molecule is CC(=O)N1CCc2ccccc2C1CC(=O)N1CCCc2cc(OC(F)(F)F)ccc21. The quantitative estimate of drug-likeness (QED) is 0.723. The molecule has 2 aromatic carbocycles. The second kappa shape index (κ2) is 8.24. The van der Waals surface area contributed by atoms with E-state index in [1.165, 1.54) is 25.1 Å². The molecule has 8 heteroatoms. The molecule has 0 fully saturated rings. The third kappa shape index (κ3) is 4.52. The number of fused-ring (bicyclic) bond motifs is 2. The predicted octanol–water partition coefficient (Wildman–Crippen LogP) is 4.40. The lowest BCUT2D eigenvalue weighted by Gasteiger charge is -2.38. The number of carbonyl (C=O) groups excluding carboxylic acids is 2. The number of aryl methyl sites for hydroxylation is 1.